The van der Waals surface area contributed by atoms with Crippen LogP contribution in [0.15, 0.2) is 41.7 Å². The number of aromatic amines is 1. The Labute approximate surface area is 121 Å². The van der Waals surface area contributed by atoms with E-state index in [1.165, 1.54) is 17.3 Å². The minimum atomic E-state index is 0.166. The summed E-state index contributed by atoms with van der Waals surface area (Å²) in [5.74, 6) is 0.810. The number of H-pyrrole nitrogens is 1. The SMILES string of the molecule is CSc1nc(N[C@H](C)c2ccccc2)c2cn[nH]c2n1. The molecule has 2 heterocycles. The molecule has 0 bridgehead atoms. The van der Waals surface area contributed by atoms with Crippen LogP contribution in [0.2, 0.25) is 0 Å². The van der Waals surface area contributed by atoms with Crippen LogP contribution in [0.1, 0.15) is 18.5 Å². The maximum absolute atomic E-state index is 4.54. The summed E-state index contributed by atoms with van der Waals surface area (Å²) in [7, 11) is 0. The van der Waals surface area contributed by atoms with Crippen LogP contribution < -0.4 is 5.32 Å². The number of aromatic nitrogens is 4. The minimum absolute atomic E-state index is 0.166. The zero-order valence-electron chi connectivity index (χ0n) is 11.3. The first-order chi connectivity index (χ1) is 9.78. The molecule has 0 fully saturated rings. The van der Waals surface area contributed by atoms with E-state index in [1.807, 2.05) is 24.5 Å². The molecule has 0 aliphatic rings. The number of hydrogen-bond donors (Lipinski definition) is 2. The summed E-state index contributed by atoms with van der Waals surface area (Å²) < 4.78 is 0. The van der Waals surface area contributed by atoms with Gasteiger partial charge in [-0.05, 0) is 18.7 Å². The van der Waals surface area contributed by atoms with Crippen molar-refractivity contribution in [1.29, 1.82) is 0 Å². The molecular weight excluding hydrogens is 270 g/mol. The van der Waals surface area contributed by atoms with Gasteiger partial charge in [-0.1, -0.05) is 42.1 Å². The lowest BCUT2D eigenvalue weighted by Crippen LogP contribution is -2.08. The summed E-state index contributed by atoms with van der Waals surface area (Å²) in [4.78, 5) is 8.93. The zero-order valence-corrected chi connectivity index (χ0v) is 12.1. The lowest BCUT2D eigenvalue weighted by Gasteiger charge is -2.15. The molecule has 3 rings (SSSR count). The zero-order chi connectivity index (χ0) is 13.9. The number of hydrogen-bond acceptors (Lipinski definition) is 5. The summed E-state index contributed by atoms with van der Waals surface area (Å²) in [6.45, 7) is 2.11. The highest BCUT2D eigenvalue weighted by Gasteiger charge is 2.12. The van der Waals surface area contributed by atoms with Gasteiger partial charge in [0.05, 0.1) is 11.6 Å². The van der Waals surface area contributed by atoms with Crippen molar-refractivity contribution in [1.82, 2.24) is 20.2 Å². The van der Waals surface area contributed by atoms with Crippen LogP contribution in [-0.4, -0.2) is 26.4 Å². The largest absolute Gasteiger partial charge is 0.363 e. The fourth-order valence-electron chi connectivity index (χ4n) is 2.05. The molecule has 5 nitrogen and oxygen atoms in total. The highest BCUT2D eigenvalue weighted by atomic mass is 32.2. The van der Waals surface area contributed by atoms with Crippen LogP contribution >= 0.6 is 11.8 Å². The molecule has 0 aliphatic carbocycles. The van der Waals surface area contributed by atoms with Gasteiger partial charge in [-0.2, -0.15) is 5.10 Å². The lowest BCUT2D eigenvalue weighted by molar-refractivity contribution is 0.863. The fourth-order valence-corrected chi connectivity index (χ4v) is 2.41. The number of rotatable bonds is 4. The summed E-state index contributed by atoms with van der Waals surface area (Å²) in [6, 6.07) is 10.4. The summed E-state index contributed by atoms with van der Waals surface area (Å²) in [5, 5.41) is 12.0. The van der Waals surface area contributed by atoms with Crippen LogP contribution in [0, 0.1) is 0 Å². The Bertz CT molecular complexity index is 710. The predicted molar refractivity (Wildman–Crippen MR) is 81.9 cm³/mol. The number of nitrogens with one attached hydrogen (secondary N) is 2. The third-order valence-electron chi connectivity index (χ3n) is 3.12. The van der Waals surface area contributed by atoms with Gasteiger partial charge in [0.25, 0.3) is 0 Å². The number of nitrogens with zero attached hydrogens (tertiary/aromatic N) is 3. The van der Waals surface area contributed by atoms with Crippen molar-refractivity contribution in [3.8, 4) is 0 Å². The van der Waals surface area contributed by atoms with E-state index in [2.05, 4.69) is 44.5 Å². The number of benzene rings is 1. The number of fused-ring (bicyclic) bond motifs is 1. The predicted octanol–water partition coefficient (Wildman–Crippen LogP) is 3.25. The Kier molecular flexibility index (Phi) is 3.56. The normalized spacial score (nSPS) is 12.5. The van der Waals surface area contributed by atoms with E-state index in [0.717, 1.165) is 22.0 Å². The van der Waals surface area contributed by atoms with E-state index in [0.29, 0.717) is 0 Å². The third kappa shape index (κ3) is 2.46. The molecule has 0 unspecified atom stereocenters. The van der Waals surface area contributed by atoms with Crippen molar-refractivity contribution in [2.45, 2.75) is 18.1 Å². The molecular formula is C14H15N5S. The van der Waals surface area contributed by atoms with Gasteiger partial charge in [-0.25, -0.2) is 9.97 Å². The van der Waals surface area contributed by atoms with E-state index < -0.39 is 0 Å². The Hall–Kier alpha value is -2.08. The highest BCUT2D eigenvalue weighted by molar-refractivity contribution is 7.98. The third-order valence-corrected chi connectivity index (χ3v) is 3.67. The van der Waals surface area contributed by atoms with Crippen LogP contribution in [0.5, 0.6) is 0 Å². The molecule has 0 spiro atoms. The first-order valence-electron chi connectivity index (χ1n) is 6.34. The topological polar surface area (TPSA) is 66.5 Å². The van der Waals surface area contributed by atoms with E-state index in [-0.39, 0.29) is 6.04 Å². The molecule has 2 N–H and O–H groups in total. The van der Waals surface area contributed by atoms with E-state index in [4.69, 9.17) is 0 Å². The van der Waals surface area contributed by atoms with Gasteiger partial charge >= 0.3 is 0 Å². The van der Waals surface area contributed by atoms with Crippen molar-refractivity contribution < 1.29 is 0 Å². The molecule has 0 amide bonds. The van der Waals surface area contributed by atoms with Crippen molar-refractivity contribution in [3.05, 3.63) is 42.1 Å². The fraction of sp³-hybridized carbons (Fsp3) is 0.214. The first kappa shape index (κ1) is 12.9. The highest BCUT2D eigenvalue weighted by Crippen LogP contribution is 2.25. The molecule has 0 saturated heterocycles. The average Bonchev–Trinajstić information content (AvgIpc) is 2.96. The lowest BCUT2D eigenvalue weighted by atomic mass is 10.1. The van der Waals surface area contributed by atoms with Crippen molar-refractivity contribution >= 4 is 28.6 Å². The second kappa shape index (κ2) is 5.50. The van der Waals surface area contributed by atoms with Crippen molar-refractivity contribution in [2.24, 2.45) is 0 Å². The van der Waals surface area contributed by atoms with Gasteiger partial charge in [0.2, 0.25) is 0 Å². The molecule has 20 heavy (non-hydrogen) atoms. The van der Waals surface area contributed by atoms with Crippen LogP contribution in [0.4, 0.5) is 5.82 Å². The monoisotopic (exact) mass is 285 g/mol. The standard InChI is InChI=1S/C14H15N5S/c1-9(10-6-4-3-5-7-10)16-12-11-8-15-19-13(11)18-14(17-12)20-2/h3-9H,1-2H3,(H2,15,16,17,18,19)/t9-/m1/s1. The number of anilines is 1. The molecule has 1 aromatic carbocycles. The molecule has 1 atom stereocenters. The molecule has 0 aliphatic heterocycles. The minimum Gasteiger partial charge on any atom is -0.363 e. The molecule has 0 radical (unpaired) electrons. The summed E-state index contributed by atoms with van der Waals surface area (Å²) in [6.07, 6.45) is 3.71. The number of thioether (sulfide) groups is 1. The second-order valence-corrected chi connectivity index (χ2v) is 5.24. The van der Waals surface area contributed by atoms with Crippen molar-refractivity contribution in [3.63, 3.8) is 0 Å². The van der Waals surface area contributed by atoms with E-state index in [1.54, 1.807) is 6.20 Å². The summed E-state index contributed by atoms with van der Waals surface area (Å²) in [5.41, 5.74) is 1.97. The Morgan fingerprint density at radius 3 is 2.75 bits per heavy atom. The smallest absolute Gasteiger partial charge is 0.191 e. The molecule has 6 heteroatoms. The maximum atomic E-state index is 4.54. The van der Waals surface area contributed by atoms with Crippen molar-refractivity contribution in [2.75, 3.05) is 11.6 Å². The van der Waals surface area contributed by atoms with Gasteiger partial charge in [0, 0.05) is 6.04 Å². The maximum Gasteiger partial charge on any atom is 0.191 e. The molecule has 3 aromatic rings. The molecule has 0 saturated carbocycles. The van der Waals surface area contributed by atoms with E-state index in [9.17, 15) is 0 Å². The Morgan fingerprint density at radius 1 is 1.20 bits per heavy atom. The Morgan fingerprint density at radius 2 is 2.00 bits per heavy atom. The quantitative estimate of drug-likeness (QED) is 0.569. The Balaban J connectivity index is 1.95. The molecule has 102 valence electrons. The van der Waals surface area contributed by atoms with Gasteiger partial charge < -0.3 is 5.32 Å². The van der Waals surface area contributed by atoms with E-state index >= 15 is 0 Å². The van der Waals surface area contributed by atoms with Gasteiger partial charge in [-0.3, -0.25) is 5.10 Å². The second-order valence-electron chi connectivity index (χ2n) is 4.47. The molecule has 2 aromatic heterocycles. The average molecular weight is 285 g/mol. The van der Waals surface area contributed by atoms with Crippen LogP contribution in [-0.2, 0) is 0 Å². The van der Waals surface area contributed by atoms with Gasteiger partial charge in [0.1, 0.15) is 5.82 Å². The summed E-state index contributed by atoms with van der Waals surface area (Å²) >= 11 is 1.51. The van der Waals surface area contributed by atoms with Crippen LogP contribution in [0.3, 0.4) is 0 Å². The first-order valence-corrected chi connectivity index (χ1v) is 7.57. The van der Waals surface area contributed by atoms with Gasteiger partial charge in [0.15, 0.2) is 10.8 Å². The van der Waals surface area contributed by atoms with Crippen LogP contribution in [0.25, 0.3) is 11.0 Å². The van der Waals surface area contributed by atoms with Gasteiger partial charge in [-0.15, -0.1) is 0 Å².